The van der Waals surface area contributed by atoms with E-state index in [-0.39, 0.29) is 23.1 Å². The van der Waals surface area contributed by atoms with Crippen LogP contribution in [0, 0.1) is 0 Å². The van der Waals surface area contributed by atoms with E-state index >= 15 is 0 Å². The van der Waals surface area contributed by atoms with Crippen molar-refractivity contribution >= 4 is 40.4 Å². The van der Waals surface area contributed by atoms with Gasteiger partial charge < -0.3 is 14.2 Å². The molecular weight excluding hydrogens is 476 g/mol. The van der Waals surface area contributed by atoms with Gasteiger partial charge in [-0.3, -0.25) is 14.5 Å². The van der Waals surface area contributed by atoms with Gasteiger partial charge in [0.1, 0.15) is 22.9 Å². The SMILES string of the molecule is CCOc1ccc(N2C(=O)/C(=C/c3ccc(OC)cc3)N=C2SCC(=O)c2ccc(OC)cc2)cc1. The summed E-state index contributed by atoms with van der Waals surface area (Å²) in [5, 5.41) is 0.436. The number of amides is 1. The maximum atomic E-state index is 13.4. The molecule has 7 nitrogen and oxygen atoms in total. The fraction of sp³-hybridized carbons (Fsp3) is 0.179. The Hall–Kier alpha value is -4.04. The van der Waals surface area contributed by atoms with Gasteiger partial charge in [0.25, 0.3) is 5.91 Å². The Morgan fingerprint density at radius 3 is 2.06 bits per heavy atom. The first kappa shape index (κ1) is 25.1. The van der Waals surface area contributed by atoms with E-state index < -0.39 is 0 Å². The second-order valence-corrected chi connectivity index (χ2v) is 8.65. The zero-order valence-corrected chi connectivity index (χ0v) is 21.1. The Bertz CT molecular complexity index is 1280. The molecule has 0 radical (unpaired) electrons. The zero-order chi connectivity index (χ0) is 25.5. The summed E-state index contributed by atoms with van der Waals surface area (Å²) in [6.07, 6.45) is 1.72. The Balaban J connectivity index is 1.60. The van der Waals surface area contributed by atoms with Crippen LogP contribution < -0.4 is 19.1 Å². The molecule has 0 atom stereocenters. The van der Waals surface area contributed by atoms with Gasteiger partial charge >= 0.3 is 0 Å². The number of carbonyl (C=O) groups excluding carboxylic acids is 2. The summed E-state index contributed by atoms with van der Waals surface area (Å²) in [7, 11) is 3.18. The Labute approximate surface area is 214 Å². The molecule has 3 aromatic carbocycles. The van der Waals surface area contributed by atoms with E-state index in [1.807, 2.05) is 43.3 Å². The number of nitrogens with zero attached hydrogens (tertiary/aromatic N) is 2. The molecule has 1 amide bonds. The molecule has 3 aromatic rings. The smallest absolute Gasteiger partial charge is 0.283 e. The van der Waals surface area contributed by atoms with Crippen molar-refractivity contribution in [1.29, 1.82) is 0 Å². The number of thioether (sulfide) groups is 1. The van der Waals surface area contributed by atoms with Crippen LogP contribution in [0.2, 0.25) is 0 Å². The Morgan fingerprint density at radius 1 is 0.889 bits per heavy atom. The predicted molar refractivity (Wildman–Crippen MR) is 143 cm³/mol. The number of ether oxygens (including phenoxy) is 3. The third kappa shape index (κ3) is 5.78. The Morgan fingerprint density at radius 2 is 1.47 bits per heavy atom. The van der Waals surface area contributed by atoms with Crippen molar-refractivity contribution in [3.63, 3.8) is 0 Å². The van der Waals surface area contributed by atoms with Crippen molar-refractivity contribution in [2.45, 2.75) is 6.92 Å². The summed E-state index contributed by atoms with van der Waals surface area (Å²) in [5.74, 6) is 1.90. The van der Waals surface area contributed by atoms with Gasteiger partial charge in [0.05, 0.1) is 32.3 Å². The summed E-state index contributed by atoms with van der Waals surface area (Å²) in [5.41, 5.74) is 2.31. The third-order valence-electron chi connectivity index (χ3n) is 5.40. The van der Waals surface area contributed by atoms with Crippen LogP contribution in [0.3, 0.4) is 0 Å². The van der Waals surface area contributed by atoms with E-state index in [2.05, 4.69) is 4.99 Å². The lowest BCUT2D eigenvalue weighted by molar-refractivity contribution is -0.113. The highest BCUT2D eigenvalue weighted by atomic mass is 32.2. The van der Waals surface area contributed by atoms with Crippen LogP contribution >= 0.6 is 11.8 Å². The van der Waals surface area contributed by atoms with Gasteiger partial charge in [-0.15, -0.1) is 0 Å². The lowest BCUT2D eigenvalue weighted by atomic mass is 10.1. The van der Waals surface area contributed by atoms with Gasteiger partial charge in [-0.1, -0.05) is 23.9 Å². The van der Waals surface area contributed by atoms with E-state index in [0.717, 1.165) is 11.3 Å². The third-order valence-corrected chi connectivity index (χ3v) is 6.34. The monoisotopic (exact) mass is 502 g/mol. The van der Waals surface area contributed by atoms with Crippen LogP contribution in [0.4, 0.5) is 5.69 Å². The van der Waals surface area contributed by atoms with Crippen LogP contribution in [0.25, 0.3) is 6.08 Å². The fourth-order valence-electron chi connectivity index (χ4n) is 3.53. The van der Waals surface area contributed by atoms with Gasteiger partial charge in [0, 0.05) is 5.56 Å². The van der Waals surface area contributed by atoms with Crippen molar-refractivity contribution in [1.82, 2.24) is 0 Å². The van der Waals surface area contributed by atoms with Gasteiger partial charge in [0.2, 0.25) is 0 Å². The molecule has 0 aliphatic carbocycles. The molecule has 0 aromatic heterocycles. The summed E-state index contributed by atoms with van der Waals surface area (Å²) in [4.78, 5) is 32.4. The molecule has 1 aliphatic rings. The minimum atomic E-state index is -0.269. The first-order valence-electron chi connectivity index (χ1n) is 11.3. The summed E-state index contributed by atoms with van der Waals surface area (Å²) in [6.45, 7) is 2.46. The zero-order valence-electron chi connectivity index (χ0n) is 20.3. The molecule has 0 spiro atoms. The van der Waals surface area contributed by atoms with Crippen LogP contribution in [0.1, 0.15) is 22.8 Å². The van der Waals surface area contributed by atoms with E-state index in [1.54, 1.807) is 56.7 Å². The van der Waals surface area contributed by atoms with Gasteiger partial charge in [-0.25, -0.2) is 4.99 Å². The van der Waals surface area contributed by atoms with E-state index in [9.17, 15) is 9.59 Å². The van der Waals surface area contributed by atoms with E-state index in [0.29, 0.717) is 34.5 Å². The predicted octanol–water partition coefficient (Wildman–Crippen LogP) is 5.46. The molecule has 4 rings (SSSR count). The maximum Gasteiger partial charge on any atom is 0.283 e. The molecule has 0 bridgehead atoms. The molecule has 36 heavy (non-hydrogen) atoms. The maximum absolute atomic E-state index is 13.4. The number of hydrogen-bond donors (Lipinski definition) is 0. The first-order valence-corrected chi connectivity index (χ1v) is 12.3. The van der Waals surface area contributed by atoms with Crippen molar-refractivity contribution in [2.75, 3.05) is 31.5 Å². The van der Waals surface area contributed by atoms with Gasteiger partial charge in [-0.2, -0.15) is 0 Å². The van der Waals surface area contributed by atoms with E-state index in [1.165, 1.54) is 16.7 Å². The largest absolute Gasteiger partial charge is 0.497 e. The van der Waals surface area contributed by atoms with Crippen LogP contribution in [-0.2, 0) is 4.79 Å². The molecule has 0 fully saturated rings. The normalized spacial score (nSPS) is 14.1. The number of methoxy groups -OCH3 is 2. The molecule has 0 saturated carbocycles. The highest BCUT2D eigenvalue weighted by Crippen LogP contribution is 2.31. The van der Waals surface area contributed by atoms with Crippen molar-refractivity contribution in [2.24, 2.45) is 4.99 Å². The number of rotatable bonds is 9. The average molecular weight is 503 g/mol. The fourth-order valence-corrected chi connectivity index (χ4v) is 4.43. The number of anilines is 1. The summed E-state index contributed by atoms with van der Waals surface area (Å²) < 4.78 is 15.9. The summed E-state index contributed by atoms with van der Waals surface area (Å²) in [6, 6.07) is 21.5. The second kappa shape index (κ2) is 11.6. The number of benzene rings is 3. The minimum absolute atomic E-state index is 0.0722. The van der Waals surface area contributed by atoms with Crippen molar-refractivity contribution in [3.8, 4) is 17.2 Å². The number of amidine groups is 1. The molecule has 184 valence electrons. The number of hydrogen-bond acceptors (Lipinski definition) is 7. The molecule has 1 heterocycles. The van der Waals surface area contributed by atoms with Gasteiger partial charge in [0.15, 0.2) is 11.0 Å². The van der Waals surface area contributed by atoms with Crippen molar-refractivity contribution < 1.29 is 23.8 Å². The van der Waals surface area contributed by atoms with Gasteiger partial charge in [-0.05, 0) is 79.2 Å². The summed E-state index contributed by atoms with van der Waals surface area (Å²) >= 11 is 1.22. The molecule has 1 aliphatic heterocycles. The molecule has 8 heteroatoms. The first-order chi connectivity index (χ1) is 17.5. The molecule has 0 saturated heterocycles. The molecular formula is C28H26N2O5S. The standard InChI is InChI=1S/C28H26N2O5S/c1-4-35-24-15-9-21(10-16-24)30-27(32)25(17-19-5-11-22(33-2)12-6-19)29-28(30)36-18-26(31)20-7-13-23(34-3)14-8-20/h5-17H,4,18H2,1-3H3/b25-17-. The Kier molecular flexibility index (Phi) is 8.07. The molecule has 0 unspecified atom stereocenters. The van der Waals surface area contributed by atoms with Crippen LogP contribution in [0.5, 0.6) is 17.2 Å². The highest BCUT2D eigenvalue weighted by molar-refractivity contribution is 8.14. The number of ketones is 1. The van der Waals surface area contributed by atoms with Crippen molar-refractivity contribution in [3.05, 3.63) is 89.6 Å². The van der Waals surface area contributed by atoms with E-state index in [4.69, 9.17) is 14.2 Å². The number of aliphatic imine (C=N–C) groups is 1. The quantitative estimate of drug-likeness (QED) is 0.286. The van der Waals surface area contributed by atoms with Crippen LogP contribution in [0.15, 0.2) is 83.5 Å². The lowest BCUT2D eigenvalue weighted by Crippen LogP contribution is -2.30. The lowest BCUT2D eigenvalue weighted by Gasteiger charge is -2.18. The average Bonchev–Trinajstić information content (AvgIpc) is 3.23. The second-order valence-electron chi connectivity index (χ2n) is 7.70. The highest BCUT2D eigenvalue weighted by Gasteiger charge is 2.32. The topological polar surface area (TPSA) is 77.4 Å². The number of carbonyl (C=O) groups is 2. The minimum Gasteiger partial charge on any atom is -0.497 e. The number of Topliss-reactive ketones (excluding diaryl/α,β-unsaturated/α-hetero) is 1. The molecule has 0 N–H and O–H groups in total. The van der Waals surface area contributed by atoms with Crippen LogP contribution in [-0.4, -0.2) is 43.4 Å².